The molecule has 2 unspecified atom stereocenters. The minimum Gasteiger partial charge on any atom is -0.453 e. The lowest BCUT2D eigenvalue weighted by Gasteiger charge is -2.27. The predicted molar refractivity (Wildman–Crippen MR) is 93.7 cm³/mol. The van der Waals surface area contributed by atoms with E-state index in [1.165, 1.54) is 7.11 Å². The number of aromatic amines is 1. The van der Waals surface area contributed by atoms with Gasteiger partial charge in [0.15, 0.2) is 0 Å². The van der Waals surface area contributed by atoms with Gasteiger partial charge in [0.25, 0.3) is 0 Å². The zero-order valence-corrected chi connectivity index (χ0v) is 14.6. The third-order valence-electron chi connectivity index (χ3n) is 4.00. The second kappa shape index (κ2) is 6.14. The molecule has 1 aliphatic heterocycles. The summed E-state index contributed by atoms with van der Waals surface area (Å²) in [5.41, 5.74) is 2.37. The van der Waals surface area contributed by atoms with Gasteiger partial charge < -0.3 is 19.2 Å². The summed E-state index contributed by atoms with van der Waals surface area (Å²) in [5, 5.41) is 4.53. The number of benzene rings is 1. The third kappa shape index (κ3) is 2.78. The maximum absolute atomic E-state index is 11.3. The van der Waals surface area contributed by atoms with Crippen LogP contribution in [0.2, 0.25) is 0 Å². The van der Waals surface area contributed by atoms with Crippen LogP contribution in [-0.2, 0) is 20.0 Å². The van der Waals surface area contributed by atoms with Gasteiger partial charge in [0.05, 0.1) is 35.7 Å². The number of thiophene rings is 1. The predicted octanol–water partition coefficient (Wildman–Crippen LogP) is 3.44. The largest absolute Gasteiger partial charge is 0.453 e. The summed E-state index contributed by atoms with van der Waals surface area (Å²) in [6.07, 6.45) is -0.582. The molecule has 0 spiro atoms. The molecule has 0 bridgehead atoms. The minimum absolute atomic E-state index is 0.00360. The Kier molecular flexibility index (Phi) is 3.95. The number of nitrogens with one attached hydrogen (secondary N) is 2. The molecular weight excluding hydrogens is 342 g/mol. The summed E-state index contributed by atoms with van der Waals surface area (Å²) in [6.45, 7) is 2.51. The van der Waals surface area contributed by atoms with Crippen molar-refractivity contribution < 1.29 is 19.0 Å². The number of methoxy groups -OCH3 is 1. The molecule has 3 aromatic rings. The first-order chi connectivity index (χ1) is 12.1. The quantitative estimate of drug-likeness (QED) is 0.748. The van der Waals surface area contributed by atoms with E-state index < -0.39 is 11.9 Å². The van der Waals surface area contributed by atoms with Gasteiger partial charge in [-0.1, -0.05) is 12.1 Å². The highest BCUT2D eigenvalue weighted by Crippen LogP contribution is 2.43. The van der Waals surface area contributed by atoms with E-state index in [9.17, 15) is 4.79 Å². The molecule has 2 N–H and O–H groups in total. The molecule has 130 valence electrons. The highest BCUT2D eigenvalue weighted by atomic mass is 32.1. The number of hydrogen-bond acceptors (Lipinski definition) is 6. The fraction of sp³-hybridized carbons (Fsp3) is 0.294. The van der Waals surface area contributed by atoms with Gasteiger partial charge in [0.1, 0.15) is 0 Å². The van der Waals surface area contributed by atoms with E-state index >= 15 is 0 Å². The number of fused-ring (bicyclic) bond motifs is 1. The van der Waals surface area contributed by atoms with Crippen molar-refractivity contribution >= 4 is 34.4 Å². The number of rotatable bonds is 3. The van der Waals surface area contributed by atoms with Crippen molar-refractivity contribution in [2.24, 2.45) is 0 Å². The zero-order chi connectivity index (χ0) is 17.4. The van der Waals surface area contributed by atoms with Crippen LogP contribution in [0, 0.1) is 0 Å². The lowest BCUT2D eigenvalue weighted by molar-refractivity contribution is -0.137. The molecule has 8 heteroatoms. The van der Waals surface area contributed by atoms with Crippen molar-refractivity contribution in [3.8, 4) is 0 Å². The zero-order valence-electron chi connectivity index (χ0n) is 13.7. The van der Waals surface area contributed by atoms with Crippen molar-refractivity contribution in [2.75, 3.05) is 19.0 Å². The van der Waals surface area contributed by atoms with Crippen LogP contribution in [0.5, 0.6) is 0 Å². The van der Waals surface area contributed by atoms with Gasteiger partial charge in [-0.05, 0) is 30.5 Å². The fourth-order valence-electron chi connectivity index (χ4n) is 2.90. The van der Waals surface area contributed by atoms with Crippen molar-refractivity contribution in [2.45, 2.75) is 18.8 Å². The van der Waals surface area contributed by atoms with Gasteiger partial charge in [-0.2, -0.15) is 0 Å². The van der Waals surface area contributed by atoms with Crippen molar-refractivity contribution in [1.29, 1.82) is 0 Å². The van der Waals surface area contributed by atoms with E-state index in [1.54, 1.807) is 11.3 Å². The van der Waals surface area contributed by atoms with Crippen LogP contribution in [0.25, 0.3) is 11.0 Å². The number of carbonyl (C=O) groups is 1. The molecule has 7 nitrogen and oxygen atoms in total. The van der Waals surface area contributed by atoms with Crippen LogP contribution in [0.15, 0.2) is 35.7 Å². The molecule has 2 aromatic heterocycles. The Hall–Kier alpha value is -2.42. The van der Waals surface area contributed by atoms with Gasteiger partial charge in [0.2, 0.25) is 11.7 Å². The standard InChI is InChI=1S/C17H17N3O4S/c1-10-9-23-17(24-10,14-4-3-7-25-14)11-5-6-12-13(8-11)19-15(18-12)20-16(21)22-2/h3-8,10H,9H2,1-2H3,(H2,18,19,20,21). The molecule has 1 fully saturated rings. The third-order valence-corrected chi connectivity index (χ3v) is 4.95. The van der Waals surface area contributed by atoms with Gasteiger partial charge in [0, 0.05) is 5.56 Å². The monoisotopic (exact) mass is 359 g/mol. The number of H-pyrrole nitrogens is 1. The average molecular weight is 359 g/mol. The fourth-order valence-corrected chi connectivity index (χ4v) is 3.74. The van der Waals surface area contributed by atoms with Crippen LogP contribution in [0.4, 0.5) is 10.7 Å². The van der Waals surface area contributed by atoms with E-state index in [4.69, 9.17) is 9.47 Å². The smallest absolute Gasteiger partial charge is 0.413 e. The van der Waals surface area contributed by atoms with E-state index in [2.05, 4.69) is 20.0 Å². The van der Waals surface area contributed by atoms with E-state index in [0.717, 1.165) is 21.5 Å². The Morgan fingerprint density at radius 1 is 1.48 bits per heavy atom. The second-order valence-electron chi connectivity index (χ2n) is 5.77. The summed E-state index contributed by atoms with van der Waals surface area (Å²) in [6, 6.07) is 9.72. The van der Waals surface area contributed by atoms with E-state index in [-0.39, 0.29) is 6.10 Å². The molecule has 1 aliphatic rings. The number of aromatic nitrogens is 2. The molecule has 25 heavy (non-hydrogen) atoms. The van der Waals surface area contributed by atoms with Crippen LogP contribution in [0.1, 0.15) is 17.4 Å². The van der Waals surface area contributed by atoms with Crippen molar-refractivity contribution in [3.05, 3.63) is 46.2 Å². The molecule has 0 saturated carbocycles. The average Bonchev–Trinajstić information content (AvgIpc) is 3.33. The Bertz CT molecular complexity index is 908. The Labute approximate surface area is 147 Å². The molecule has 0 radical (unpaired) electrons. The summed E-state index contributed by atoms with van der Waals surface area (Å²) in [5.74, 6) is -0.589. The highest BCUT2D eigenvalue weighted by Gasteiger charge is 2.44. The maximum atomic E-state index is 11.3. The minimum atomic E-state index is -0.914. The first-order valence-electron chi connectivity index (χ1n) is 7.82. The van der Waals surface area contributed by atoms with Crippen LogP contribution >= 0.6 is 11.3 Å². The van der Waals surface area contributed by atoms with Gasteiger partial charge in [-0.3, -0.25) is 5.32 Å². The summed E-state index contributed by atoms with van der Waals surface area (Å²) < 4.78 is 16.8. The number of carbonyl (C=O) groups excluding carboxylic acids is 1. The molecule has 1 amide bonds. The Morgan fingerprint density at radius 3 is 3.04 bits per heavy atom. The van der Waals surface area contributed by atoms with Crippen LogP contribution < -0.4 is 5.32 Å². The van der Waals surface area contributed by atoms with Gasteiger partial charge in [-0.25, -0.2) is 9.78 Å². The normalized spacial score (nSPS) is 23.0. The van der Waals surface area contributed by atoms with E-state index in [1.807, 2.05) is 42.6 Å². The first kappa shape index (κ1) is 16.1. The second-order valence-corrected chi connectivity index (χ2v) is 6.71. The summed E-state index contributed by atoms with van der Waals surface area (Å²) >= 11 is 1.59. The Balaban J connectivity index is 1.76. The molecule has 2 atom stereocenters. The molecule has 1 saturated heterocycles. The van der Waals surface area contributed by atoms with Crippen LogP contribution in [-0.4, -0.2) is 35.9 Å². The number of amides is 1. The summed E-state index contributed by atoms with van der Waals surface area (Å²) in [4.78, 5) is 19.7. The molecular formula is C17H17N3O4S. The number of imidazole rings is 1. The highest BCUT2D eigenvalue weighted by molar-refractivity contribution is 7.10. The summed E-state index contributed by atoms with van der Waals surface area (Å²) in [7, 11) is 1.30. The number of anilines is 1. The van der Waals surface area contributed by atoms with E-state index in [0.29, 0.717) is 12.6 Å². The number of hydrogen-bond donors (Lipinski definition) is 2. The van der Waals surface area contributed by atoms with Crippen molar-refractivity contribution in [3.63, 3.8) is 0 Å². The number of ether oxygens (including phenoxy) is 3. The van der Waals surface area contributed by atoms with Gasteiger partial charge in [-0.15, -0.1) is 11.3 Å². The SMILES string of the molecule is COC(=O)Nc1nc2ccc(C3(c4cccs4)OCC(C)O3)cc2[nH]1. The lowest BCUT2D eigenvalue weighted by atomic mass is 10.0. The lowest BCUT2D eigenvalue weighted by Crippen LogP contribution is -2.28. The molecule has 0 aliphatic carbocycles. The Morgan fingerprint density at radius 2 is 2.36 bits per heavy atom. The molecule has 4 rings (SSSR count). The maximum Gasteiger partial charge on any atom is 0.413 e. The molecule has 3 heterocycles. The molecule has 1 aromatic carbocycles. The van der Waals surface area contributed by atoms with Crippen LogP contribution in [0.3, 0.4) is 0 Å². The topological polar surface area (TPSA) is 85.5 Å². The number of nitrogens with zero attached hydrogens (tertiary/aromatic N) is 1. The van der Waals surface area contributed by atoms with Crippen molar-refractivity contribution in [1.82, 2.24) is 9.97 Å². The first-order valence-corrected chi connectivity index (χ1v) is 8.69. The van der Waals surface area contributed by atoms with Gasteiger partial charge >= 0.3 is 6.09 Å².